The zero-order valence-electron chi connectivity index (χ0n) is 14.1. The number of ether oxygens (including phenoxy) is 1. The van der Waals surface area contributed by atoms with Gasteiger partial charge in [0.25, 0.3) is 0 Å². The molecule has 0 bridgehead atoms. The van der Waals surface area contributed by atoms with Crippen LogP contribution in [0.1, 0.15) is 31.2 Å². The van der Waals surface area contributed by atoms with E-state index in [0.29, 0.717) is 6.04 Å². The van der Waals surface area contributed by atoms with Gasteiger partial charge >= 0.3 is 0 Å². The summed E-state index contributed by atoms with van der Waals surface area (Å²) in [6.07, 6.45) is 6.17. The highest BCUT2D eigenvalue weighted by Gasteiger charge is 2.23. The predicted octanol–water partition coefficient (Wildman–Crippen LogP) is 2.95. The van der Waals surface area contributed by atoms with Crippen molar-refractivity contribution < 1.29 is 9.13 Å². The van der Waals surface area contributed by atoms with Crippen LogP contribution < -0.4 is 0 Å². The van der Waals surface area contributed by atoms with Crippen LogP contribution in [-0.4, -0.2) is 61.8 Å². The molecular formula is C19H29FN2O. The van der Waals surface area contributed by atoms with Gasteiger partial charge in [-0.15, -0.1) is 0 Å². The van der Waals surface area contributed by atoms with Gasteiger partial charge in [0, 0.05) is 25.7 Å². The normalized spacial score (nSPS) is 24.0. The number of hydrogen-bond donors (Lipinski definition) is 0. The molecule has 23 heavy (non-hydrogen) atoms. The molecule has 1 atom stereocenters. The first-order chi connectivity index (χ1) is 11.3. The quantitative estimate of drug-likeness (QED) is 0.801. The summed E-state index contributed by atoms with van der Waals surface area (Å²) >= 11 is 0. The van der Waals surface area contributed by atoms with E-state index in [0.717, 1.165) is 44.8 Å². The third-order valence-electron chi connectivity index (χ3n) is 5.21. The Hall–Kier alpha value is -0.970. The molecule has 2 fully saturated rings. The maximum absolute atomic E-state index is 13.3. The van der Waals surface area contributed by atoms with Gasteiger partial charge in [-0.25, -0.2) is 4.39 Å². The largest absolute Gasteiger partial charge is 0.379 e. The molecule has 2 saturated heterocycles. The molecule has 4 heteroatoms. The average Bonchev–Trinajstić information content (AvgIpc) is 2.60. The molecule has 0 spiro atoms. The van der Waals surface area contributed by atoms with Gasteiger partial charge < -0.3 is 9.64 Å². The van der Waals surface area contributed by atoms with E-state index in [1.165, 1.54) is 44.8 Å². The highest BCUT2D eigenvalue weighted by molar-refractivity contribution is 5.16. The predicted molar refractivity (Wildman–Crippen MR) is 91.2 cm³/mol. The van der Waals surface area contributed by atoms with Gasteiger partial charge in [0.2, 0.25) is 0 Å². The Kier molecular flexibility index (Phi) is 6.43. The van der Waals surface area contributed by atoms with Crippen LogP contribution in [0.3, 0.4) is 0 Å². The van der Waals surface area contributed by atoms with Gasteiger partial charge in [0.15, 0.2) is 0 Å². The Morgan fingerprint density at radius 3 is 2.78 bits per heavy atom. The van der Waals surface area contributed by atoms with E-state index in [4.69, 9.17) is 4.74 Å². The molecule has 1 aromatic carbocycles. The lowest BCUT2D eigenvalue weighted by molar-refractivity contribution is 0.0308. The first-order valence-corrected chi connectivity index (χ1v) is 9.10. The summed E-state index contributed by atoms with van der Waals surface area (Å²) < 4.78 is 18.7. The van der Waals surface area contributed by atoms with Crippen molar-refractivity contribution in [3.8, 4) is 0 Å². The van der Waals surface area contributed by atoms with Crippen molar-refractivity contribution in [2.75, 3.05) is 45.9 Å². The molecule has 0 radical (unpaired) electrons. The smallest absolute Gasteiger partial charge is 0.123 e. The van der Waals surface area contributed by atoms with Crippen LogP contribution in [-0.2, 0) is 11.2 Å². The SMILES string of the molecule is Fc1cccc(CCN2CCCCC2CCN2CCOCC2)c1. The van der Waals surface area contributed by atoms with Crippen LogP contribution in [0.4, 0.5) is 4.39 Å². The molecule has 2 aliphatic rings. The van der Waals surface area contributed by atoms with E-state index in [1.54, 1.807) is 6.07 Å². The van der Waals surface area contributed by atoms with Crippen molar-refractivity contribution in [1.29, 1.82) is 0 Å². The van der Waals surface area contributed by atoms with Gasteiger partial charge in [-0.1, -0.05) is 18.6 Å². The summed E-state index contributed by atoms with van der Waals surface area (Å²) in [5.41, 5.74) is 1.11. The Morgan fingerprint density at radius 1 is 1.09 bits per heavy atom. The fourth-order valence-electron chi connectivity index (χ4n) is 3.80. The van der Waals surface area contributed by atoms with Crippen molar-refractivity contribution in [3.63, 3.8) is 0 Å². The Bertz CT molecular complexity index is 476. The topological polar surface area (TPSA) is 15.7 Å². The molecule has 3 nitrogen and oxygen atoms in total. The maximum Gasteiger partial charge on any atom is 0.123 e. The highest BCUT2D eigenvalue weighted by Crippen LogP contribution is 2.21. The van der Waals surface area contributed by atoms with Crippen LogP contribution in [0, 0.1) is 5.82 Å². The second-order valence-corrected chi connectivity index (χ2v) is 6.81. The fraction of sp³-hybridized carbons (Fsp3) is 0.684. The number of piperidine rings is 1. The van der Waals surface area contributed by atoms with Crippen molar-refractivity contribution >= 4 is 0 Å². The zero-order valence-corrected chi connectivity index (χ0v) is 14.1. The number of hydrogen-bond acceptors (Lipinski definition) is 3. The summed E-state index contributed by atoms with van der Waals surface area (Å²) in [5, 5.41) is 0. The lowest BCUT2D eigenvalue weighted by Gasteiger charge is -2.37. The summed E-state index contributed by atoms with van der Waals surface area (Å²) in [7, 11) is 0. The van der Waals surface area contributed by atoms with Crippen molar-refractivity contribution in [3.05, 3.63) is 35.6 Å². The maximum atomic E-state index is 13.3. The van der Waals surface area contributed by atoms with E-state index in [1.807, 2.05) is 12.1 Å². The average molecular weight is 320 g/mol. The van der Waals surface area contributed by atoms with Crippen LogP contribution in [0.2, 0.25) is 0 Å². The van der Waals surface area contributed by atoms with Gasteiger partial charge in [0.1, 0.15) is 5.82 Å². The zero-order chi connectivity index (χ0) is 15.9. The second kappa shape index (κ2) is 8.76. The van der Waals surface area contributed by atoms with Crippen LogP contribution in [0.5, 0.6) is 0 Å². The van der Waals surface area contributed by atoms with Gasteiger partial charge in [0.05, 0.1) is 13.2 Å². The van der Waals surface area contributed by atoms with Gasteiger partial charge in [-0.2, -0.15) is 0 Å². The molecule has 0 aliphatic carbocycles. The fourth-order valence-corrected chi connectivity index (χ4v) is 3.80. The molecule has 0 amide bonds. The van der Waals surface area contributed by atoms with Crippen LogP contribution in [0.25, 0.3) is 0 Å². The lowest BCUT2D eigenvalue weighted by atomic mass is 9.98. The molecule has 3 rings (SSSR count). The number of halogens is 1. The molecule has 2 aliphatic heterocycles. The van der Waals surface area contributed by atoms with E-state index in [9.17, 15) is 4.39 Å². The molecule has 0 aromatic heterocycles. The number of nitrogens with zero attached hydrogens (tertiary/aromatic N) is 2. The molecule has 2 heterocycles. The summed E-state index contributed by atoms with van der Waals surface area (Å²) in [5.74, 6) is -0.120. The third kappa shape index (κ3) is 5.27. The lowest BCUT2D eigenvalue weighted by Crippen LogP contribution is -2.44. The molecule has 0 saturated carbocycles. The summed E-state index contributed by atoms with van der Waals surface area (Å²) in [6.45, 7) is 7.36. The van der Waals surface area contributed by atoms with Crippen molar-refractivity contribution in [2.45, 2.75) is 38.1 Å². The van der Waals surface area contributed by atoms with Crippen LogP contribution in [0.15, 0.2) is 24.3 Å². The Labute approximate surface area is 139 Å². The van der Waals surface area contributed by atoms with Gasteiger partial charge in [-0.05, 0) is 56.5 Å². The monoisotopic (exact) mass is 320 g/mol. The third-order valence-corrected chi connectivity index (χ3v) is 5.21. The number of rotatable bonds is 6. The highest BCUT2D eigenvalue weighted by atomic mass is 19.1. The molecule has 128 valence electrons. The van der Waals surface area contributed by atoms with E-state index >= 15 is 0 Å². The van der Waals surface area contributed by atoms with Gasteiger partial charge in [-0.3, -0.25) is 4.90 Å². The van der Waals surface area contributed by atoms with Crippen molar-refractivity contribution in [2.24, 2.45) is 0 Å². The Balaban J connectivity index is 1.47. The van der Waals surface area contributed by atoms with E-state index in [2.05, 4.69) is 9.80 Å². The molecule has 0 N–H and O–H groups in total. The van der Waals surface area contributed by atoms with E-state index < -0.39 is 0 Å². The first kappa shape index (κ1) is 16.9. The minimum atomic E-state index is -0.120. The van der Waals surface area contributed by atoms with Crippen LogP contribution >= 0.6 is 0 Å². The minimum Gasteiger partial charge on any atom is -0.379 e. The van der Waals surface area contributed by atoms with Crippen molar-refractivity contribution in [1.82, 2.24) is 9.80 Å². The minimum absolute atomic E-state index is 0.120. The molecule has 1 unspecified atom stereocenters. The second-order valence-electron chi connectivity index (χ2n) is 6.81. The first-order valence-electron chi connectivity index (χ1n) is 9.10. The number of likely N-dealkylation sites (tertiary alicyclic amines) is 1. The Morgan fingerprint density at radius 2 is 1.96 bits per heavy atom. The molecular weight excluding hydrogens is 291 g/mol. The summed E-state index contributed by atoms with van der Waals surface area (Å²) in [6, 6.07) is 7.74. The number of morpholine rings is 1. The summed E-state index contributed by atoms with van der Waals surface area (Å²) in [4.78, 5) is 5.16. The molecule has 1 aromatic rings. The van der Waals surface area contributed by atoms with E-state index in [-0.39, 0.29) is 5.82 Å². The number of benzene rings is 1. The standard InChI is InChI=1S/C19H29FN2O/c20-18-5-3-4-17(16-18)7-11-22-9-2-1-6-19(22)8-10-21-12-14-23-15-13-21/h3-5,16,19H,1-2,6-15H2.